The van der Waals surface area contributed by atoms with Gasteiger partial charge in [-0.3, -0.25) is 10.1 Å². The van der Waals surface area contributed by atoms with Crippen LogP contribution in [0.3, 0.4) is 0 Å². The first-order valence-corrected chi connectivity index (χ1v) is 8.91. The summed E-state index contributed by atoms with van der Waals surface area (Å²) in [6, 6.07) is -0.180. The fraction of sp³-hybridized carbons (Fsp3) is 0.923. The monoisotopic (exact) mass is 290 g/mol. The van der Waals surface area contributed by atoms with E-state index in [1.807, 2.05) is 13.8 Å². The van der Waals surface area contributed by atoms with Gasteiger partial charge in [-0.05, 0) is 12.3 Å². The van der Waals surface area contributed by atoms with Crippen LogP contribution in [0, 0.1) is 5.92 Å². The largest absolute Gasteiger partial charge is 0.325 e. The van der Waals surface area contributed by atoms with Gasteiger partial charge in [-0.1, -0.05) is 34.1 Å². The lowest BCUT2D eigenvalue weighted by atomic mass is 10.1. The number of carbonyl (C=O) groups is 1. The molecular weight excluding hydrogens is 264 g/mol. The Morgan fingerprint density at radius 1 is 1.32 bits per heavy atom. The number of nitrogens with zero attached hydrogens (tertiary/aromatic N) is 1. The van der Waals surface area contributed by atoms with Crippen molar-refractivity contribution in [2.24, 2.45) is 5.92 Å². The topological polar surface area (TPSA) is 66.5 Å². The van der Waals surface area contributed by atoms with Crippen LogP contribution in [-0.2, 0) is 14.6 Å². The molecule has 1 heterocycles. The Morgan fingerprint density at radius 3 is 2.42 bits per heavy atom. The van der Waals surface area contributed by atoms with E-state index in [2.05, 4.69) is 12.2 Å². The van der Waals surface area contributed by atoms with Crippen LogP contribution < -0.4 is 5.32 Å². The van der Waals surface area contributed by atoms with Crippen molar-refractivity contribution in [3.05, 3.63) is 0 Å². The Morgan fingerprint density at radius 2 is 1.95 bits per heavy atom. The molecule has 1 aliphatic rings. The molecule has 0 aromatic heterocycles. The number of carbonyl (C=O) groups excluding carboxylic acids is 1. The SMILES string of the molecule is CCCC1NC(C(C)C)C(=O)N1CCS(=O)(=O)CC. The number of rotatable bonds is 7. The van der Waals surface area contributed by atoms with E-state index < -0.39 is 9.84 Å². The summed E-state index contributed by atoms with van der Waals surface area (Å²) in [5.74, 6) is 0.454. The number of hydrogen-bond acceptors (Lipinski definition) is 4. The molecule has 0 aromatic carbocycles. The van der Waals surface area contributed by atoms with Crippen molar-refractivity contribution in [2.75, 3.05) is 18.1 Å². The second-order valence-electron chi connectivity index (χ2n) is 5.46. The molecule has 0 aliphatic carbocycles. The third-order valence-electron chi connectivity index (χ3n) is 3.61. The van der Waals surface area contributed by atoms with E-state index in [-0.39, 0.29) is 35.5 Å². The Hall–Kier alpha value is -0.620. The van der Waals surface area contributed by atoms with E-state index in [0.717, 1.165) is 12.8 Å². The molecule has 1 rings (SSSR count). The summed E-state index contributed by atoms with van der Waals surface area (Å²) in [5, 5.41) is 3.33. The normalized spacial score (nSPS) is 24.5. The average Bonchev–Trinajstić information content (AvgIpc) is 2.65. The summed E-state index contributed by atoms with van der Waals surface area (Å²) < 4.78 is 23.2. The van der Waals surface area contributed by atoms with Crippen molar-refractivity contribution in [3.8, 4) is 0 Å². The highest BCUT2D eigenvalue weighted by Crippen LogP contribution is 2.19. The third kappa shape index (κ3) is 4.18. The molecule has 0 aromatic rings. The molecule has 1 saturated heterocycles. The van der Waals surface area contributed by atoms with Gasteiger partial charge in [0.05, 0.1) is 18.0 Å². The predicted octanol–water partition coefficient (Wildman–Crippen LogP) is 1.00. The van der Waals surface area contributed by atoms with Gasteiger partial charge in [0.15, 0.2) is 9.84 Å². The zero-order chi connectivity index (χ0) is 14.6. The standard InChI is InChI=1S/C13H26N2O3S/c1-5-7-11-14-12(10(3)4)13(16)15(11)8-9-19(17,18)6-2/h10-12,14H,5-9H2,1-4H3. The van der Waals surface area contributed by atoms with Gasteiger partial charge in [0.25, 0.3) is 0 Å². The molecule has 1 amide bonds. The molecule has 112 valence electrons. The van der Waals surface area contributed by atoms with Crippen LogP contribution in [0.25, 0.3) is 0 Å². The van der Waals surface area contributed by atoms with Crippen LogP contribution in [0.15, 0.2) is 0 Å². The van der Waals surface area contributed by atoms with Crippen molar-refractivity contribution in [1.29, 1.82) is 0 Å². The highest BCUT2D eigenvalue weighted by Gasteiger charge is 2.39. The number of sulfone groups is 1. The van der Waals surface area contributed by atoms with Crippen LogP contribution in [0.4, 0.5) is 0 Å². The summed E-state index contributed by atoms with van der Waals surface area (Å²) in [6.45, 7) is 8.02. The average molecular weight is 290 g/mol. The Kier molecular flexibility index (Phi) is 5.80. The summed E-state index contributed by atoms with van der Waals surface area (Å²) in [7, 11) is -3.03. The maximum Gasteiger partial charge on any atom is 0.241 e. The first-order valence-electron chi connectivity index (χ1n) is 7.09. The number of amides is 1. The zero-order valence-corrected chi connectivity index (χ0v) is 13.2. The first kappa shape index (κ1) is 16.4. The van der Waals surface area contributed by atoms with E-state index in [4.69, 9.17) is 0 Å². The van der Waals surface area contributed by atoms with E-state index >= 15 is 0 Å². The highest BCUT2D eigenvalue weighted by molar-refractivity contribution is 7.91. The lowest BCUT2D eigenvalue weighted by molar-refractivity contribution is -0.130. The second-order valence-corrected chi connectivity index (χ2v) is 7.93. The lowest BCUT2D eigenvalue weighted by Crippen LogP contribution is -2.40. The molecule has 0 spiro atoms. The van der Waals surface area contributed by atoms with Crippen LogP contribution in [-0.4, -0.2) is 49.5 Å². The van der Waals surface area contributed by atoms with Crippen molar-refractivity contribution < 1.29 is 13.2 Å². The molecular formula is C13H26N2O3S. The molecule has 0 radical (unpaired) electrons. The van der Waals surface area contributed by atoms with Crippen LogP contribution in [0.1, 0.15) is 40.5 Å². The summed E-state index contributed by atoms with van der Waals surface area (Å²) in [6.07, 6.45) is 1.81. The Labute approximate surface area is 116 Å². The quantitative estimate of drug-likeness (QED) is 0.760. The first-order chi connectivity index (χ1) is 8.82. The number of hydrogen-bond donors (Lipinski definition) is 1. The van der Waals surface area contributed by atoms with Gasteiger partial charge >= 0.3 is 0 Å². The van der Waals surface area contributed by atoms with Crippen molar-refractivity contribution >= 4 is 15.7 Å². The molecule has 5 nitrogen and oxygen atoms in total. The van der Waals surface area contributed by atoms with Crippen molar-refractivity contribution in [1.82, 2.24) is 10.2 Å². The van der Waals surface area contributed by atoms with E-state index in [9.17, 15) is 13.2 Å². The van der Waals surface area contributed by atoms with Gasteiger partial charge in [0, 0.05) is 12.3 Å². The van der Waals surface area contributed by atoms with Crippen LogP contribution >= 0.6 is 0 Å². The molecule has 2 atom stereocenters. The minimum atomic E-state index is -3.03. The molecule has 1 aliphatic heterocycles. The van der Waals surface area contributed by atoms with Crippen molar-refractivity contribution in [3.63, 3.8) is 0 Å². The minimum Gasteiger partial charge on any atom is -0.325 e. The minimum absolute atomic E-state index is 0.0167. The third-order valence-corrected chi connectivity index (χ3v) is 5.29. The van der Waals surface area contributed by atoms with Gasteiger partial charge in [-0.2, -0.15) is 0 Å². The van der Waals surface area contributed by atoms with Gasteiger partial charge in [0.2, 0.25) is 5.91 Å². The maximum absolute atomic E-state index is 12.3. The van der Waals surface area contributed by atoms with E-state index in [1.54, 1.807) is 11.8 Å². The smallest absolute Gasteiger partial charge is 0.241 e. The van der Waals surface area contributed by atoms with E-state index in [0.29, 0.717) is 6.54 Å². The molecule has 1 fully saturated rings. The van der Waals surface area contributed by atoms with Gasteiger partial charge < -0.3 is 4.90 Å². The molecule has 0 bridgehead atoms. The fourth-order valence-electron chi connectivity index (χ4n) is 2.34. The second kappa shape index (κ2) is 6.70. The highest BCUT2D eigenvalue weighted by atomic mass is 32.2. The molecule has 1 N–H and O–H groups in total. The van der Waals surface area contributed by atoms with Crippen LogP contribution in [0.2, 0.25) is 0 Å². The summed E-state index contributed by atoms with van der Waals surface area (Å²) >= 11 is 0. The van der Waals surface area contributed by atoms with Crippen LogP contribution in [0.5, 0.6) is 0 Å². The summed E-state index contributed by atoms with van der Waals surface area (Å²) in [5.41, 5.74) is 0. The summed E-state index contributed by atoms with van der Waals surface area (Å²) in [4.78, 5) is 14.0. The van der Waals surface area contributed by atoms with Gasteiger partial charge in [0.1, 0.15) is 0 Å². The molecule has 6 heteroatoms. The van der Waals surface area contributed by atoms with Crippen molar-refractivity contribution in [2.45, 2.75) is 52.7 Å². The number of nitrogens with one attached hydrogen (secondary N) is 1. The lowest BCUT2D eigenvalue weighted by Gasteiger charge is -2.23. The zero-order valence-electron chi connectivity index (χ0n) is 12.3. The molecule has 19 heavy (non-hydrogen) atoms. The maximum atomic E-state index is 12.3. The van der Waals surface area contributed by atoms with E-state index in [1.165, 1.54) is 0 Å². The Bertz CT molecular complexity index is 406. The fourth-order valence-corrected chi connectivity index (χ4v) is 3.10. The van der Waals surface area contributed by atoms with Gasteiger partial charge in [-0.25, -0.2) is 8.42 Å². The predicted molar refractivity (Wildman–Crippen MR) is 76.5 cm³/mol. The molecule has 2 unspecified atom stereocenters. The molecule has 0 saturated carbocycles. The Balaban J connectivity index is 2.74. The van der Waals surface area contributed by atoms with Gasteiger partial charge in [-0.15, -0.1) is 0 Å².